The van der Waals surface area contributed by atoms with Crippen LogP contribution in [0.2, 0.25) is 0 Å². The van der Waals surface area contributed by atoms with Gasteiger partial charge in [-0.2, -0.15) is 0 Å². The zero-order valence-electron chi connectivity index (χ0n) is 25.7. The van der Waals surface area contributed by atoms with Crippen LogP contribution in [-0.4, -0.2) is 4.57 Å². The Morgan fingerprint density at radius 1 is 0.511 bits per heavy atom. The van der Waals surface area contributed by atoms with Gasteiger partial charge in [0.1, 0.15) is 0 Å². The van der Waals surface area contributed by atoms with Crippen LogP contribution in [0.1, 0.15) is 17.2 Å². The fraction of sp³-hybridized carbons (Fsp3) is 0.0455. The highest BCUT2D eigenvalue weighted by Gasteiger charge is 2.35. The summed E-state index contributed by atoms with van der Waals surface area (Å²) in [6.45, 7) is 0. The van der Waals surface area contributed by atoms with Gasteiger partial charge in [-0.3, -0.25) is 0 Å². The van der Waals surface area contributed by atoms with E-state index in [4.69, 9.17) is 0 Å². The largest absolute Gasteiger partial charge is 0.332 e. The predicted octanol–water partition coefficient (Wildman–Crippen LogP) is 12.3. The molecule has 3 heterocycles. The van der Waals surface area contributed by atoms with Crippen LogP contribution in [0.3, 0.4) is 0 Å². The molecule has 1 aliphatic heterocycles. The summed E-state index contributed by atoms with van der Waals surface area (Å²) in [6, 6.07) is 60.2. The molecule has 9 aromatic rings. The Kier molecular flexibility index (Phi) is 5.91. The summed E-state index contributed by atoms with van der Waals surface area (Å²) in [7, 11) is 0. The van der Waals surface area contributed by atoms with E-state index >= 15 is 0 Å². The molecule has 1 unspecified atom stereocenters. The smallest absolute Gasteiger partial charge is 0.0782 e. The molecule has 1 atom stereocenters. The van der Waals surface area contributed by atoms with E-state index in [1.54, 1.807) is 0 Å². The highest BCUT2D eigenvalue weighted by molar-refractivity contribution is 7.26. The standard InChI is InChI=1S/C44H30N2S/c1-4-14-29(15-5-1)33-21-12-22-36-37-23-13-25-39(44(37)47-43(33)36)46-38-24-11-10-20-34(38)35-27-26-31-28-40(30-16-6-2-7-17-30)45(41(31)42(35)46)32-18-8-3-9-19-32/h1-27,40H,28H2. The first kappa shape index (κ1) is 26.6. The summed E-state index contributed by atoms with van der Waals surface area (Å²) in [5.41, 5.74) is 11.5. The van der Waals surface area contributed by atoms with Gasteiger partial charge in [0.15, 0.2) is 0 Å². The lowest BCUT2D eigenvalue weighted by molar-refractivity contribution is 0.743. The number of aromatic nitrogens is 1. The van der Waals surface area contributed by atoms with Crippen molar-refractivity contribution in [2.45, 2.75) is 12.5 Å². The molecule has 0 bridgehead atoms. The molecule has 2 nitrogen and oxygen atoms in total. The first-order valence-corrected chi connectivity index (χ1v) is 17.1. The van der Waals surface area contributed by atoms with Crippen LogP contribution in [0, 0.1) is 0 Å². The van der Waals surface area contributed by atoms with Gasteiger partial charge >= 0.3 is 0 Å². The lowest BCUT2D eigenvalue weighted by Gasteiger charge is -2.29. The number of para-hydroxylation sites is 2. The van der Waals surface area contributed by atoms with E-state index in [1.807, 2.05) is 11.3 Å². The van der Waals surface area contributed by atoms with Gasteiger partial charge in [-0.25, -0.2) is 0 Å². The molecule has 2 aromatic heterocycles. The highest BCUT2D eigenvalue weighted by atomic mass is 32.1. The van der Waals surface area contributed by atoms with Crippen LogP contribution in [0.25, 0.3) is 58.8 Å². The predicted molar refractivity (Wildman–Crippen MR) is 201 cm³/mol. The molecule has 1 aliphatic rings. The Morgan fingerprint density at radius 2 is 1.17 bits per heavy atom. The van der Waals surface area contributed by atoms with E-state index in [1.165, 1.54) is 81.3 Å². The molecule has 0 saturated heterocycles. The Bertz CT molecular complexity index is 2600. The summed E-state index contributed by atoms with van der Waals surface area (Å²) < 4.78 is 5.21. The molecular formula is C44H30N2S. The fourth-order valence-corrected chi connectivity index (χ4v) is 9.23. The van der Waals surface area contributed by atoms with Crippen molar-refractivity contribution >= 4 is 64.7 Å². The van der Waals surface area contributed by atoms with Crippen molar-refractivity contribution in [2.24, 2.45) is 0 Å². The molecule has 7 aromatic carbocycles. The molecule has 222 valence electrons. The minimum Gasteiger partial charge on any atom is -0.332 e. The second kappa shape index (κ2) is 10.4. The molecule has 0 amide bonds. The van der Waals surface area contributed by atoms with Gasteiger partial charge in [0, 0.05) is 31.9 Å². The summed E-state index contributed by atoms with van der Waals surface area (Å²) in [6.07, 6.45) is 0.958. The Hall–Kier alpha value is -5.64. The number of benzene rings is 7. The summed E-state index contributed by atoms with van der Waals surface area (Å²) in [5.74, 6) is 0. The van der Waals surface area contributed by atoms with E-state index in [-0.39, 0.29) is 6.04 Å². The highest BCUT2D eigenvalue weighted by Crippen LogP contribution is 2.52. The van der Waals surface area contributed by atoms with Crippen LogP contribution in [0.5, 0.6) is 0 Å². The Labute approximate surface area is 277 Å². The van der Waals surface area contributed by atoms with E-state index < -0.39 is 0 Å². The van der Waals surface area contributed by atoms with Gasteiger partial charge in [-0.15, -0.1) is 11.3 Å². The Balaban J connectivity index is 1.31. The number of anilines is 2. The molecule has 0 N–H and O–H groups in total. The van der Waals surface area contributed by atoms with Crippen molar-refractivity contribution in [1.29, 1.82) is 0 Å². The summed E-state index contributed by atoms with van der Waals surface area (Å²) in [5, 5.41) is 5.19. The van der Waals surface area contributed by atoms with E-state index in [0.29, 0.717) is 0 Å². The second-order valence-electron chi connectivity index (χ2n) is 12.5. The SMILES string of the molecule is c1ccc(-c2cccc3c2sc2c(-n4c5ccccc5c5ccc6c(c54)N(c4ccccc4)C(c4ccccc4)C6)cccc23)cc1. The maximum Gasteiger partial charge on any atom is 0.0782 e. The third-order valence-corrected chi connectivity index (χ3v) is 11.2. The fourth-order valence-electron chi connectivity index (χ4n) is 7.89. The zero-order chi connectivity index (χ0) is 30.9. The van der Waals surface area contributed by atoms with Gasteiger partial charge in [0.2, 0.25) is 0 Å². The lowest BCUT2D eigenvalue weighted by Crippen LogP contribution is -2.20. The number of rotatable bonds is 4. The van der Waals surface area contributed by atoms with Gasteiger partial charge in [-0.1, -0.05) is 140 Å². The molecule has 0 spiro atoms. The molecule has 0 fully saturated rings. The van der Waals surface area contributed by atoms with Crippen LogP contribution < -0.4 is 4.90 Å². The first-order valence-electron chi connectivity index (χ1n) is 16.3. The molecule has 10 rings (SSSR count). The van der Waals surface area contributed by atoms with Crippen molar-refractivity contribution in [3.8, 4) is 16.8 Å². The van der Waals surface area contributed by atoms with Gasteiger partial charge in [0.25, 0.3) is 0 Å². The maximum atomic E-state index is 2.60. The van der Waals surface area contributed by atoms with Crippen molar-refractivity contribution in [1.82, 2.24) is 4.57 Å². The summed E-state index contributed by atoms with van der Waals surface area (Å²) in [4.78, 5) is 2.60. The lowest BCUT2D eigenvalue weighted by atomic mass is 10.0. The number of fused-ring (bicyclic) bond motifs is 8. The van der Waals surface area contributed by atoms with Crippen LogP contribution in [0.4, 0.5) is 11.4 Å². The first-order chi connectivity index (χ1) is 23.3. The number of thiophene rings is 1. The topological polar surface area (TPSA) is 8.17 Å². The minimum absolute atomic E-state index is 0.208. The van der Waals surface area contributed by atoms with Gasteiger partial charge in [0.05, 0.1) is 33.1 Å². The van der Waals surface area contributed by atoms with E-state index in [9.17, 15) is 0 Å². The molecule has 0 saturated carbocycles. The molecule has 0 radical (unpaired) electrons. The molecule has 47 heavy (non-hydrogen) atoms. The van der Waals surface area contributed by atoms with Crippen LogP contribution >= 0.6 is 11.3 Å². The number of hydrogen-bond donors (Lipinski definition) is 0. The van der Waals surface area contributed by atoms with Crippen molar-refractivity contribution in [3.63, 3.8) is 0 Å². The monoisotopic (exact) mass is 618 g/mol. The van der Waals surface area contributed by atoms with Gasteiger partial charge < -0.3 is 9.47 Å². The third kappa shape index (κ3) is 3.97. The van der Waals surface area contributed by atoms with Crippen LogP contribution in [0.15, 0.2) is 164 Å². The van der Waals surface area contributed by atoms with Crippen LogP contribution in [-0.2, 0) is 6.42 Å². The number of hydrogen-bond acceptors (Lipinski definition) is 2. The quantitative estimate of drug-likeness (QED) is 0.190. The zero-order valence-corrected chi connectivity index (χ0v) is 26.5. The van der Waals surface area contributed by atoms with Crippen molar-refractivity contribution in [2.75, 3.05) is 4.90 Å². The average Bonchev–Trinajstić information content (AvgIpc) is 3.83. The molecule has 0 aliphatic carbocycles. The third-order valence-electron chi connectivity index (χ3n) is 9.91. The molecular weight excluding hydrogens is 589 g/mol. The normalized spacial score (nSPS) is 14.5. The average molecular weight is 619 g/mol. The van der Waals surface area contributed by atoms with E-state index in [0.717, 1.165) is 6.42 Å². The number of nitrogens with zero attached hydrogens (tertiary/aromatic N) is 2. The van der Waals surface area contributed by atoms with Gasteiger partial charge in [-0.05, 0) is 52.9 Å². The summed E-state index contributed by atoms with van der Waals surface area (Å²) >= 11 is 1.92. The van der Waals surface area contributed by atoms with Crippen molar-refractivity contribution in [3.05, 3.63) is 175 Å². The Morgan fingerprint density at radius 3 is 1.98 bits per heavy atom. The minimum atomic E-state index is 0.208. The maximum absolute atomic E-state index is 2.60. The van der Waals surface area contributed by atoms with E-state index in [2.05, 4.69) is 173 Å². The van der Waals surface area contributed by atoms with Crippen molar-refractivity contribution < 1.29 is 0 Å². The molecule has 3 heteroatoms. The second-order valence-corrected chi connectivity index (χ2v) is 13.5.